The van der Waals surface area contributed by atoms with Crippen molar-refractivity contribution in [3.63, 3.8) is 0 Å². The third-order valence-corrected chi connectivity index (χ3v) is 3.29. The molecule has 0 bridgehead atoms. The molecule has 0 fully saturated rings. The number of amidine groups is 1. The average Bonchev–Trinajstić information content (AvgIpc) is 2.38. The summed E-state index contributed by atoms with van der Waals surface area (Å²) in [7, 11) is 0. The van der Waals surface area contributed by atoms with Crippen LogP contribution in [0.3, 0.4) is 0 Å². The summed E-state index contributed by atoms with van der Waals surface area (Å²) in [6.07, 6.45) is 1.76. The topological polar surface area (TPSA) is 87.7 Å². The minimum Gasteiger partial charge on any atom is -0.409 e. The number of carbonyl (C=O) groups is 1. The van der Waals surface area contributed by atoms with E-state index in [0.717, 1.165) is 17.3 Å². The highest BCUT2D eigenvalue weighted by molar-refractivity contribution is 9.10. The number of rotatable bonds is 5. The van der Waals surface area contributed by atoms with Gasteiger partial charge in [-0.2, -0.15) is 0 Å². The van der Waals surface area contributed by atoms with Gasteiger partial charge in [0.15, 0.2) is 5.84 Å². The molecule has 0 spiro atoms. The molecule has 1 aromatic rings. The number of benzene rings is 1. The number of halogens is 1. The van der Waals surface area contributed by atoms with E-state index in [1.54, 1.807) is 18.2 Å². The first-order chi connectivity index (χ1) is 8.99. The molecule has 0 saturated carbocycles. The Morgan fingerprint density at radius 1 is 1.58 bits per heavy atom. The Kier molecular flexibility index (Phi) is 5.82. The lowest BCUT2D eigenvalue weighted by Crippen LogP contribution is -2.23. The fraction of sp³-hybridized carbons (Fsp3) is 0.385. The van der Waals surface area contributed by atoms with Crippen molar-refractivity contribution in [2.24, 2.45) is 16.8 Å². The number of nitrogens with one attached hydrogen (secondary N) is 1. The highest BCUT2D eigenvalue weighted by Crippen LogP contribution is 2.22. The number of hydrogen-bond donors (Lipinski definition) is 3. The predicted molar refractivity (Wildman–Crippen MR) is 79.4 cm³/mol. The molecular weight excluding hydrogens is 310 g/mol. The zero-order chi connectivity index (χ0) is 14.4. The summed E-state index contributed by atoms with van der Waals surface area (Å²) in [5.74, 6) is -0.193. The van der Waals surface area contributed by atoms with Crippen LogP contribution in [-0.4, -0.2) is 17.0 Å². The second kappa shape index (κ2) is 7.13. The van der Waals surface area contributed by atoms with E-state index in [4.69, 9.17) is 10.9 Å². The first-order valence-corrected chi connectivity index (χ1v) is 6.87. The van der Waals surface area contributed by atoms with Gasteiger partial charge in [-0.1, -0.05) is 41.4 Å². The Hall–Kier alpha value is -1.56. The summed E-state index contributed by atoms with van der Waals surface area (Å²) >= 11 is 3.33. The van der Waals surface area contributed by atoms with Crippen molar-refractivity contribution in [3.05, 3.63) is 28.2 Å². The average molecular weight is 328 g/mol. The van der Waals surface area contributed by atoms with Crippen LogP contribution in [0, 0.1) is 5.92 Å². The van der Waals surface area contributed by atoms with Crippen molar-refractivity contribution in [2.75, 3.05) is 5.32 Å². The van der Waals surface area contributed by atoms with E-state index >= 15 is 0 Å². The summed E-state index contributed by atoms with van der Waals surface area (Å²) in [5, 5.41) is 14.5. The molecule has 104 valence electrons. The fourth-order valence-corrected chi connectivity index (χ4v) is 2.08. The lowest BCUT2D eigenvalue weighted by Gasteiger charge is -2.14. The molecule has 5 nitrogen and oxygen atoms in total. The van der Waals surface area contributed by atoms with Gasteiger partial charge in [0.25, 0.3) is 0 Å². The largest absolute Gasteiger partial charge is 0.409 e. The summed E-state index contributed by atoms with van der Waals surface area (Å²) in [5.41, 5.74) is 6.60. The van der Waals surface area contributed by atoms with Crippen LogP contribution >= 0.6 is 15.9 Å². The second-order valence-corrected chi connectivity index (χ2v) is 5.27. The number of amides is 1. The molecule has 0 aliphatic rings. The molecule has 0 aromatic heterocycles. The molecule has 1 unspecified atom stereocenters. The first kappa shape index (κ1) is 15.5. The Bertz CT molecular complexity index is 489. The smallest absolute Gasteiger partial charge is 0.227 e. The molecule has 1 atom stereocenters. The van der Waals surface area contributed by atoms with Crippen molar-refractivity contribution in [3.8, 4) is 0 Å². The lowest BCUT2D eigenvalue weighted by molar-refractivity contribution is -0.119. The van der Waals surface area contributed by atoms with Crippen LogP contribution in [-0.2, 0) is 4.79 Å². The number of nitrogens with zero attached hydrogens (tertiary/aromatic N) is 1. The zero-order valence-electron chi connectivity index (χ0n) is 11.0. The number of anilines is 1. The summed E-state index contributed by atoms with van der Waals surface area (Å²) in [6, 6.07) is 5.17. The number of hydrogen-bond acceptors (Lipinski definition) is 3. The van der Waals surface area contributed by atoms with Crippen LogP contribution < -0.4 is 11.1 Å². The summed E-state index contributed by atoms with van der Waals surface area (Å²) in [4.78, 5) is 12.0. The van der Waals surface area contributed by atoms with Gasteiger partial charge in [-0.3, -0.25) is 4.79 Å². The molecule has 4 N–H and O–H groups in total. The van der Waals surface area contributed by atoms with Gasteiger partial charge < -0.3 is 16.3 Å². The Labute approximate surface area is 121 Å². The highest BCUT2D eigenvalue weighted by atomic mass is 79.9. The lowest BCUT2D eigenvalue weighted by atomic mass is 10.0. The maximum atomic E-state index is 12.0. The minimum absolute atomic E-state index is 0.0362. The van der Waals surface area contributed by atoms with E-state index in [2.05, 4.69) is 26.4 Å². The molecule has 0 radical (unpaired) electrons. The maximum absolute atomic E-state index is 12.0. The third kappa shape index (κ3) is 4.24. The number of oxime groups is 1. The molecule has 0 aliphatic carbocycles. The molecule has 6 heteroatoms. The van der Waals surface area contributed by atoms with Gasteiger partial charge in [0.1, 0.15) is 0 Å². The van der Waals surface area contributed by atoms with Gasteiger partial charge in [0.2, 0.25) is 5.91 Å². The fourth-order valence-electron chi connectivity index (χ4n) is 1.72. The molecule has 19 heavy (non-hydrogen) atoms. The van der Waals surface area contributed by atoms with Crippen LogP contribution in [0.5, 0.6) is 0 Å². The number of nitrogens with two attached hydrogens (primary N) is 1. The predicted octanol–water partition coefficient (Wildman–Crippen LogP) is 2.92. The van der Waals surface area contributed by atoms with E-state index in [1.165, 1.54) is 0 Å². The molecule has 0 aliphatic heterocycles. The molecular formula is C13H18BrN3O2. The highest BCUT2D eigenvalue weighted by Gasteiger charge is 2.15. The first-order valence-electron chi connectivity index (χ1n) is 6.07. The van der Waals surface area contributed by atoms with Crippen molar-refractivity contribution >= 4 is 33.4 Å². The summed E-state index contributed by atoms with van der Waals surface area (Å²) in [6.45, 7) is 3.91. The van der Waals surface area contributed by atoms with Crippen LogP contribution in [0.4, 0.5) is 5.69 Å². The monoisotopic (exact) mass is 327 g/mol. The van der Waals surface area contributed by atoms with Gasteiger partial charge >= 0.3 is 0 Å². The van der Waals surface area contributed by atoms with E-state index in [-0.39, 0.29) is 17.7 Å². The van der Waals surface area contributed by atoms with Gasteiger partial charge in [-0.05, 0) is 24.6 Å². The van der Waals surface area contributed by atoms with E-state index in [0.29, 0.717) is 11.3 Å². The van der Waals surface area contributed by atoms with Crippen LogP contribution in [0.25, 0.3) is 0 Å². The number of carbonyl (C=O) groups excluding carboxylic acids is 1. The zero-order valence-corrected chi connectivity index (χ0v) is 12.6. The minimum atomic E-state index is -0.0795. The van der Waals surface area contributed by atoms with Gasteiger partial charge in [-0.15, -0.1) is 0 Å². The SMILES string of the molecule is CCCC(C)C(=O)Nc1cc(Br)ccc1/C(N)=N/O. The van der Waals surface area contributed by atoms with Crippen molar-refractivity contribution < 1.29 is 10.0 Å². The van der Waals surface area contributed by atoms with Gasteiger partial charge in [0, 0.05) is 16.0 Å². The molecule has 0 saturated heterocycles. The van der Waals surface area contributed by atoms with E-state index < -0.39 is 0 Å². The van der Waals surface area contributed by atoms with Crippen molar-refractivity contribution in [1.82, 2.24) is 0 Å². The Morgan fingerprint density at radius 2 is 2.26 bits per heavy atom. The van der Waals surface area contributed by atoms with E-state index in [1.807, 2.05) is 13.8 Å². The molecule has 1 rings (SSSR count). The molecule has 1 amide bonds. The third-order valence-electron chi connectivity index (χ3n) is 2.79. The molecule has 0 heterocycles. The Balaban J connectivity index is 2.99. The van der Waals surface area contributed by atoms with Crippen molar-refractivity contribution in [2.45, 2.75) is 26.7 Å². The maximum Gasteiger partial charge on any atom is 0.227 e. The standard InChI is InChI=1S/C13H18BrN3O2/c1-3-4-8(2)13(18)16-11-7-9(14)5-6-10(11)12(15)17-19/h5-8,19H,3-4H2,1-2H3,(H2,15,17)(H,16,18). The van der Waals surface area contributed by atoms with Gasteiger partial charge in [-0.25, -0.2) is 0 Å². The second-order valence-electron chi connectivity index (χ2n) is 4.35. The quantitative estimate of drug-likeness (QED) is 0.336. The van der Waals surface area contributed by atoms with Gasteiger partial charge in [0.05, 0.1) is 5.69 Å². The van der Waals surface area contributed by atoms with Crippen LogP contribution in [0.2, 0.25) is 0 Å². The van der Waals surface area contributed by atoms with Crippen molar-refractivity contribution in [1.29, 1.82) is 0 Å². The van der Waals surface area contributed by atoms with E-state index in [9.17, 15) is 4.79 Å². The van der Waals surface area contributed by atoms with Crippen LogP contribution in [0.15, 0.2) is 27.8 Å². The molecule has 1 aromatic carbocycles. The Morgan fingerprint density at radius 3 is 2.84 bits per heavy atom. The van der Waals surface area contributed by atoms with Crippen LogP contribution in [0.1, 0.15) is 32.3 Å². The normalized spacial score (nSPS) is 13.1. The summed E-state index contributed by atoms with van der Waals surface area (Å²) < 4.78 is 0.806.